The van der Waals surface area contributed by atoms with Crippen molar-refractivity contribution < 1.29 is 9.59 Å². The Hall–Kier alpha value is -1.20. The lowest BCUT2D eigenvalue weighted by Crippen LogP contribution is -2.20. The molecular weight excluding hydrogens is 407 g/mol. The fourth-order valence-corrected chi connectivity index (χ4v) is 5.63. The number of ketones is 2. The standard InChI is InChI=1S/C20H16Cl2O2S2/c1-2-25-20-18(19(24)13-5-9-15(22)10-6-13)16(23)11-17(26-20)12-3-7-14(21)8-4-12/h3-10,17H,2,11H2,1H3/t17-/m1/s1. The van der Waals surface area contributed by atoms with E-state index in [1.165, 1.54) is 0 Å². The molecular formula is C20H16Cl2O2S2. The van der Waals surface area contributed by atoms with Crippen molar-refractivity contribution in [1.82, 2.24) is 0 Å². The lowest BCUT2D eigenvalue weighted by Gasteiger charge is -2.25. The first-order valence-corrected chi connectivity index (χ1v) is 10.7. The number of hydrogen-bond acceptors (Lipinski definition) is 4. The number of Topliss-reactive ketones (excluding diaryl/α,β-unsaturated/α-hetero) is 2. The van der Waals surface area contributed by atoms with Gasteiger partial charge < -0.3 is 0 Å². The highest BCUT2D eigenvalue weighted by molar-refractivity contribution is 8.22. The molecule has 134 valence electrons. The van der Waals surface area contributed by atoms with E-state index in [2.05, 4.69) is 0 Å². The first-order chi connectivity index (χ1) is 12.5. The Bertz CT molecular complexity index is 858. The van der Waals surface area contributed by atoms with Gasteiger partial charge in [0.05, 0.1) is 9.81 Å². The summed E-state index contributed by atoms with van der Waals surface area (Å²) >= 11 is 15.0. The Morgan fingerprint density at radius 2 is 1.65 bits per heavy atom. The van der Waals surface area contributed by atoms with Crippen molar-refractivity contribution in [2.45, 2.75) is 18.6 Å². The van der Waals surface area contributed by atoms with Crippen LogP contribution in [0.3, 0.4) is 0 Å². The lowest BCUT2D eigenvalue weighted by atomic mass is 9.96. The summed E-state index contributed by atoms with van der Waals surface area (Å²) in [6, 6.07) is 14.2. The van der Waals surface area contributed by atoms with Gasteiger partial charge in [-0.05, 0) is 47.7 Å². The van der Waals surface area contributed by atoms with Gasteiger partial charge in [-0.3, -0.25) is 9.59 Å². The van der Waals surface area contributed by atoms with Gasteiger partial charge in [-0.1, -0.05) is 42.3 Å². The van der Waals surface area contributed by atoms with Crippen LogP contribution in [0.4, 0.5) is 0 Å². The zero-order valence-electron chi connectivity index (χ0n) is 14.0. The van der Waals surface area contributed by atoms with Gasteiger partial charge in [0.25, 0.3) is 0 Å². The molecule has 0 saturated carbocycles. The molecule has 0 radical (unpaired) electrons. The van der Waals surface area contributed by atoms with E-state index in [0.29, 0.717) is 27.6 Å². The molecule has 0 aromatic heterocycles. The van der Waals surface area contributed by atoms with E-state index in [9.17, 15) is 9.59 Å². The van der Waals surface area contributed by atoms with Crippen LogP contribution in [0, 0.1) is 0 Å². The largest absolute Gasteiger partial charge is 0.294 e. The van der Waals surface area contributed by atoms with Gasteiger partial charge in [-0.25, -0.2) is 0 Å². The smallest absolute Gasteiger partial charge is 0.198 e. The number of thioether (sulfide) groups is 2. The summed E-state index contributed by atoms with van der Waals surface area (Å²) < 4.78 is 0.795. The Morgan fingerprint density at radius 3 is 2.23 bits per heavy atom. The van der Waals surface area contributed by atoms with Crippen LogP contribution in [-0.4, -0.2) is 17.3 Å². The van der Waals surface area contributed by atoms with Crippen LogP contribution in [0.15, 0.2) is 58.3 Å². The van der Waals surface area contributed by atoms with E-state index in [1.54, 1.807) is 47.8 Å². The minimum absolute atomic E-state index is 0.00409. The van der Waals surface area contributed by atoms with E-state index in [0.717, 1.165) is 15.6 Å². The van der Waals surface area contributed by atoms with Gasteiger partial charge in [0.15, 0.2) is 11.6 Å². The molecule has 0 fully saturated rings. The molecule has 2 aromatic carbocycles. The fourth-order valence-electron chi connectivity index (χ4n) is 2.68. The molecule has 1 aliphatic heterocycles. The maximum absolute atomic E-state index is 12.9. The number of allylic oxidation sites excluding steroid dienone is 1. The normalized spacial score (nSPS) is 17.5. The van der Waals surface area contributed by atoms with Crippen LogP contribution in [0.5, 0.6) is 0 Å². The molecule has 2 aromatic rings. The molecule has 6 heteroatoms. The van der Waals surface area contributed by atoms with Crippen molar-refractivity contribution >= 4 is 58.3 Å². The number of halogens is 2. The molecule has 0 spiro atoms. The van der Waals surface area contributed by atoms with Crippen LogP contribution in [0.25, 0.3) is 0 Å². The third-order valence-corrected chi connectivity index (χ3v) is 7.00. The molecule has 0 bridgehead atoms. The van der Waals surface area contributed by atoms with Crippen molar-refractivity contribution in [3.05, 3.63) is 79.5 Å². The zero-order valence-corrected chi connectivity index (χ0v) is 17.1. The molecule has 0 aliphatic carbocycles. The first kappa shape index (κ1) is 19.6. The second kappa shape index (κ2) is 8.66. The molecule has 1 aliphatic rings. The van der Waals surface area contributed by atoms with Crippen LogP contribution in [0.1, 0.15) is 34.5 Å². The fraction of sp³-hybridized carbons (Fsp3) is 0.200. The minimum atomic E-state index is -0.232. The molecule has 3 rings (SSSR count). The van der Waals surface area contributed by atoms with E-state index >= 15 is 0 Å². The van der Waals surface area contributed by atoms with Crippen molar-refractivity contribution in [2.75, 3.05) is 5.75 Å². The average Bonchev–Trinajstić information content (AvgIpc) is 2.62. The summed E-state index contributed by atoms with van der Waals surface area (Å²) in [6.07, 6.45) is 0.300. The second-order valence-corrected chi connectivity index (χ2v) is 9.34. The molecule has 0 N–H and O–H groups in total. The second-order valence-electron chi connectivity index (χ2n) is 5.72. The highest BCUT2D eigenvalue weighted by Crippen LogP contribution is 2.48. The minimum Gasteiger partial charge on any atom is -0.294 e. The van der Waals surface area contributed by atoms with E-state index in [-0.39, 0.29) is 16.8 Å². The quantitative estimate of drug-likeness (QED) is 0.401. The summed E-state index contributed by atoms with van der Waals surface area (Å²) in [5.74, 6) is 0.449. The van der Waals surface area contributed by atoms with Crippen molar-refractivity contribution in [2.24, 2.45) is 0 Å². The number of carbonyl (C=O) groups excluding carboxylic acids is 2. The van der Waals surface area contributed by atoms with Crippen LogP contribution in [0.2, 0.25) is 10.0 Å². The van der Waals surface area contributed by atoms with E-state index < -0.39 is 0 Å². The van der Waals surface area contributed by atoms with Gasteiger partial charge in [0.2, 0.25) is 0 Å². The van der Waals surface area contributed by atoms with E-state index in [4.69, 9.17) is 23.2 Å². The highest BCUT2D eigenvalue weighted by Gasteiger charge is 2.33. The topological polar surface area (TPSA) is 34.1 Å². The van der Waals surface area contributed by atoms with E-state index in [1.807, 2.05) is 31.2 Å². The van der Waals surface area contributed by atoms with Crippen LogP contribution in [-0.2, 0) is 4.79 Å². The van der Waals surface area contributed by atoms with Gasteiger partial charge in [-0.2, -0.15) is 0 Å². The van der Waals surface area contributed by atoms with Crippen LogP contribution < -0.4 is 0 Å². The average molecular weight is 423 g/mol. The first-order valence-electron chi connectivity index (χ1n) is 8.12. The third-order valence-electron chi connectivity index (χ3n) is 3.95. The Balaban J connectivity index is 1.95. The van der Waals surface area contributed by atoms with Crippen molar-refractivity contribution in [3.8, 4) is 0 Å². The Labute approximate surface area is 171 Å². The highest BCUT2D eigenvalue weighted by atomic mass is 35.5. The SMILES string of the molecule is CCSC1=C(C(=O)c2ccc(Cl)cc2)C(=O)C[C@H](c2ccc(Cl)cc2)S1. The molecule has 26 heavy (non-hydrogen) atoms. The number of benzene rings is 2. The molecule has 1 heterocycles. The number of rotatable bonds is 5. The van der Waals surface area contributed by atoms with Crippen molar-refractivity contribution in [1.29, 1.82) is 0 Å². The summed E-state index contributed by atoms with van der Waals surface area (Å²) in [5.41, 5.74) is 1.83. The number of hydrogen-bond donors (Lipinski definition) is 0. The monoisotopic (exact) mass is 422 g/mol. The van der Waals surface area contributed by atoms with Gasteiger partial charge in [-0.15, -0.1) is 23.5 Å². The van der Waals surface area contributed by atoms with Crippen molar-refractivity contribution in [3.63, 3.8) is 0 Å². The summed E-state index contributed by atoms with van der Waals surface area (Å²) in [6.45, 7) is 2.01. The lowest BCUT2D eigenvalue weighted by molar-refractivity contribution is -0.115. The predicted octanol–water partition coefficient (Wildman–Crippen LogP) is 6.59. The Kier molecular flexibility index (Phi) is 6.51. The number of carbonyl (C=O) groups is 2. The third kappa shape index (κ3) is 4.37. The maximum Gasteiger partial charge on any atom is 0.198 e. The van der Waals surface area contributed by atoms with Gasteiger partial charge in [0.1, 0.15) is 0 Å². The molecule has 0 amide bonds. The molecule has 0 unspecified atom stereocenters. The van der Waals surface area contributed by atoms with Gasteiger partial charge >= 0.3 is 0 Å². The van der Waals surface area contributed by atoms with Gasteiger partial charge in [0, 0.05) is 27.3 Å². The maximum atomic E-state index is 12.9. The Morgan fingerprint density at radius 1 is 1.08 bits per heavy atom. The molecule has 0 saturated heterocycles. The molecule has 1 atom stereocenters. The molecule has 2 nitrogen and oxygen atoms in total. The summed E-state index contributed by atoms with van der Waals surface area (Å²) in [5, 5.41) is 1.22. The van der Waals surface area contributed by atoms with Crippen LogP contribution >= 0.6 is 46.7 Å². The zero-order chi connectivity index (χ0) is 18.7. The summed E-state index contributed by atoms with van der Waals surface area (Å²) in [4.78, 5) is 25.8. The summed E-state index contributed by atoms with van der Waals surface area (Å²) in [7, 11) is 0. The predicted molar refractivity (Wildman–Crippen MR) is 112 cm³/mol.